The number of hydrogen-bond acceptors (Lipinski definition) is 3. The highest BCUT2D eigenvalue weighted by molar-refractivity contribution is 4.87. The molecule has 2 rings (SSSR count). The summed E-state index contributed by atoms with van der Waals surface area (Å²) in [5.74, 6) is 1.57. The molecule has 0 amide bonds. The third kappa shape index (κ3) is 3.43. The molecule has 100 valence electrons. The molecule has 2 fully saturated rings. The van der Waals surface area contributed by atoms with Gasteiger partial charge in [-0.15, -0.1) is 0 Å². The molecule has 0 bridgehead atoms. The van der Waals surface area contributed by atoms with E-state index < -0.39 is 0 Å². The Morgan fingerprint density at radius 1 is 0.941 bits per heavy atom. The van der Waals surface area contributed by atoms with Gasteiger partial charge in [-0.1, -0.05) is 0 Å². The molecule has 1 saturated carbocycles. The largest absolute Gasteiger partial charge is 0.393 e. The summed E-state index contributed by atoms with van der Waals surface area (Å²) in [6.07, 6.45) is 6.77. The maximum Gasteiger partial charge on any atom is 0.0540 e. The predicted octanol–water partition coefficient (Wildman–Crippen LogP) is 1.89. The van der Waals surface area contributed by atoms with Crippen LogP contribution < -0.4 is 0 Å². The molecule has 0 aromatic rings. The van der Waals surface area contributed by atoms with Crippen molar-refractivity contribution in [1.29, 1.82) is 0 Å². The first kappa shape index (κ1) is 13.3. The van der Waals surface area contributed by atoms with Crippen molar-refractivity contribution < 1.29 is 9.84 Å². The van der Waals surface area contributed by atoms with Crippen molar-refractivity contribution in [3.05, 3.63) is 0 Å². The van der Waals surface area contributed by atoms with Crippen molar-refractivity contribution in [1.82, 2.24) is 4.90 Å². The fourth-order valence-electron chi connectivity index (χ4n) is 3.73. The molecule has 0 aromatic heterocycles. The van der Waals surface area contributed by atoms with Crippen LogP contribution in [0.25, 0.3) is 0 Å². The predicted molar refractivity (Wildman–Crippen MR) is 69.0 cm³/mol. The maximum atomic E-state index is 9.62. The summed E-state index contributed by atoms with van der Waals surface area (Å²) < 4.78 is 5.48. The SMILES string of the molecule is CN(C)C(C1CCOCC1)C1CCC(O)CC1. The first-order chi connectivity index (χ1) is 8.18. The van der Waals surface area contributed by atoms with Gasteiger partial charge in [0.1, 0.15) is 0 Å². The monoisotopic (exact) mass is 241 g/mol. The Labute approximate surface area is 105 Å². The van der Waals surface area contributed by atoms with E-state index in [1.807, 2.05) is 0 Å². The third-order valence-electron chi connectivity index (χ3n) is 4.57. The third-order valence-corrected chi connectivity index (χ3v) is 4.57. The lowest BCUT2D eigenvalue weighted by molar-refractivity contribution is 0.00376. The molecule has 0 spiro atoms. The summed E-state index contributed by atoms with van der Waals surface area (Å²) in [7, 11) is 4.43. The number of ether oxygens (including phenoxy) is 1. The minimum absolute atomic E-state index is 0.0382. The molecule has 1 atom stereocenters. The van der Waals surface area contributed by atoms with Crippen LogP contribution in [0.5, 0.6) is 0 Å². The molecule has 3 heteroatoms. The second-order valence-electron chi connectivity index (χ2n) is 5.97. The number of rotatable bonds is 3. The van der Waals surface area contributed by atoms with Crippen LogP contribution in [-0.2, 0) is 4.74 Å². The van der Waals surface area contributed by atoms with Crippen LogP contribution in [0.1, 0.15) is 38.5 Å². The molecule has 1 heterocycles. The van der Waals surface area contributed by atoms with Crippen molar-refractivity contribution in [3.63, 3.8) is 0 Å². The Balaban J connectivity index is 1.95. The number of aliphatic hydroxyl groups is 1. The molecule has 1 unspecified atom stereocenters. The Hall–Kier alpha value is -0.120. The molecule has 1 N–H and O–H groups in total. The molecular weight excluding hydrogens is 214 g/mol. The molecule has 0 aromatic carbocycles. The van der Waals surface area contributed by atoms with Crippen LogP contribution in [-0.4, -0.2) is 49.5 Å². The van der Waals surface area contributed by atoms with Gasteiger partial charge >= 0.3 is 0 Å². The highest BCUT2D eigenvalue weighted by Gasteiger charge is 2.34. The van der Waals surface area contributed by atoms with Gasteiger partial charge < -0.3 is 14.7 Å². The fraction of sp³-hybridized carbons (Fsp3) is 1.00. The summed E-state index contributed by atoms with van der Waals surface area (Å²) >= 11 is 0. The molecule has 1 aliphatic heterocycles. The van der Waals surface area contributed by atoms with E-state index in [1.165, 1.54) is 25.7 Å². The van der Waals surface area contributed by atoms with Gasteiger partial charge in [-0.3, -0.25) is 0 Å². The summed E-state index contributed by atoms with van der Waals surface area (Å²) in [4.78, 5) is 2.42. The zero-order valence-corrected chi connectivity index (χ0v) is 11.3. The van der Waals surface area contributed by atoms with E-state index in [2.05, 4.69) is 19.0 Å². The second-order valence-corrected chi connectivity index (χ2v) is 5.97. The van der Waals surface area contributed by atoms with Crippen molar-refractivity contribution in [3.8, 4) is 0 Å². The molecule has 3 nitrogen and oxygen atoms in total. The smallest absolute Gasteiger partial charge is 0.0540 e. The van der Waals surface area contributed by atoms with Gasteiger partial charge in [-0.25, -0.2) is 0 Å². The first-order valence-corrected chi connectivity index (χ1v) is 7.10. The van der Waals surface area contributed by atoms with Gasteiger partial charge in [-0.2, -0.15) is 0 Å². The van der Waals surface area contributed by atoms with E-state index in [-0.39, 0.29) is 6.10 Å². The topological polar surface area (TPSA) is 32.7 Å². The van der Waals surface area contributed by atoms with Crippen molar-refractivity contribution in [2.75, 3.05) is 27.3 Å². The van der Waals surface area contributed by atoms with Crippen LogP contribution in [0.2, 0.25) is 0 Å². The maximum absolute atomic E-state index is 9.62. The van der Waals surface area contributed by atoms with Gasteiger partial charge in [0.25, 0.3) is 0 Å². The molecular formula is C14H27NO2. The van der Waals surface area contributed by atoms with E-state index in [0.29, 0.717) is 6.04 Å². The minimum Gasteiger partial charge on any atom is -0.393 e. The van der Waals surface area contributed by atoms with Crippen molar-refractivity contribution in [2.45, 2.75) is 50.7 Å². The van der Waals surface area contributed by atoms with Gasteiger partial charge in [0.2, 0.25) is 0 Å². The van der Waals surface area contributed by atoms with Crippen LogP contribution in [0.15, 0.2) is 0 Å². The summed E-state index contributed by atoms with van der Waals surface area (Å²) in [6, 6.07) is 0.686. The van der Waals surface area contributed by atoms with Gasteiger partial charge in [-0.05, 0) is 64.5 Å². The second kappa shape index (κ2) is 6.17. The lowest BCUT2D eigenvalue weighted by Gasteiger charge is -2.42. The molecule has 1 aliphatic carbocycles. The molecule has 0 radical (unpaired) electrons. The lowest BCUT2D eigenvalue weighted by atomic mass is 9.75. The van der Waals surface area contributed by atoms with E-state index >= 15 is 0 Å². The Bertz CT molecular complexity index is 218. The van der Waals surface area contributed by atoms with Gasteiger partial charge in [0.05, 0.1) is 6.10 Å². The zero-order valence-electron chi connectivity index (χ0n) is 11.3. The summed E-state index contributed by atoms with van der Waals surface area (Å²) in [6.45, 7) is 1.87. The van der Waals surface area contributed by atoms with E-state index in [1.54, 1.807) is 0 Å². The van der Waals surface area contributed by atoms with Crippen LogP contribution in [0.3, 0.4) is 0 Å². The van der Waals surface area contributed by atoms with Crippen LogP contribution in [0, 0.1) is 11.8 Å². The highest BCUT2D eigenvalue weighted by Crippen LogP contribution is 2.35. The zero-order chi connectivity index (χ0) is 12.3. The quantitative estimate of drug-likeness (QED) is 0.819. The number of hydrogen-bond donors (Lipinski definition) is 1. The van der Waals surface area contributed by atoms with Gasteiger partial charge in [0.15, 0.2) is 0 Å². The van der Waals surface area contributed by atoms with E-state index in [9.17, 15) is 5.11 Å². The Kier molecular flexibility index (Phi) is 4.83. The number of nitrogens with zero attached hydrogens (tertiary/aromatic N) is 1. The minimum atomic E-state index is -0.0382. The van der Waals surface area contributed by atoms with Crippen molar-refractivity contribution in [2.24, 2.45) is 11.8 Å². The normalized spacial score (nSPS) is 33.9. The van der Waals surface area contributed by atoms with Crippen LogP contribution >= 0.6 is 0 Å². The first-order valence-electron chi connectivity index (χ1n) is 7.10. The Morgan fingerprint density at radius 3 is 2.00 bits per heavy atom. The van der Waals surface area contributed by atoms with Gasteiger partial charge in [0, 0.05) is 19.3 Å². The Morgan fingerprint density at radius 2 is 1.47 bits per heavy atom. The van der Waals surface area contributed by atoms with E-state index in [0.717, 1.165) is 37.9 Å². The average Bonchev–Trinajstić information content (AvgIpc) is 2.33. The standard InChI is InChI=1S/C14H27NO2/c1-15(2)14(12-7-9-17-10-8-12)11-3-5-13(16)6-4-11/h11-14,16H,3-10H2,1-2H3. The van der Waals surface area contributed by atoms with E-state index in [4.69, 9.17) is 4.74 Å². The molecule has 1 saturated heterocycles. The number of aliphatic hydroxyl groups excluding tert-OH is 1. The lowest BCUT2D eigenvalue weighted by Crippen LogP contribution is -2.45. The fourth-order valence-corrected chi connectivity index (χ4v) is 3.73. The van der Waals surface area contributed by atoms with Crippen molar-refractivity contribution >= 4 is 0 Å². The summed E-state index contributed by atoms with van der Waals surface area (Å²) in [5, 5.41) is 9.62. The highest BCUT2D eigenvalue weighted by atomic mass is 16.5. The average molecular weight is 241 g/mol. The summed E-state index contributed by atoms with van der Waals surface area (Å²) in [5.41, 5.74) is 0. The molecule has 2 aliphatic rings. The van der Waals surface area contributed by atoms with Crippen LogP contribution in [0.4, 0.5) is 0 Å². The molecule has 17 heavy (non-hydrogen) atoms.